The molecule has 0 spiro atoms. The summed E-state index contributed by atoms with van der Waals surface area (Å²) >= 11 is 0. The molecule has 13 heteroatoms. The van der Waals surface area contributed by atoms with Gasteiger partial charge in [-0.05, 0) is 31.0 Å². The first-order chi connectivity index (χ1) is 15.9. The third-order valence-corrected chi connectivity index (χ3v) is 7.34. The zero-order valence-electron chi connectivity index (χ0n) is 18.5. The molecule has 0 unspecified atom stereocenters. The smallest absolute Gasteiger partial charge is 0.314 e. The average Bonchev–Trinajstić information content (AvgIpc) is 3.59. The molecule has 1 saturated carbocycles. The molecule has 0 radical (unpaired) electrons. The fourth-order valence-corrected chi connectivity index (χ4v) is 4.45. The molecule has 0 N–H and O–H groups in total. The van der Waals surface area contributed by atoms with Crippen molar-refractivity contribution in [2.75, 3.05) is 17.7 Å². The standard InChI is InChI=1S/C21H21F3N6O3S/c1-4-34(32,33)16-10-14(29(2)20(31)12-5-6-12)11-26-17(16)19-28-27-18(30(19)3)15-9-13(7-8-25-15)21(22,23)24/h7-12H,4-6H2,1-3H3. The number of pyridine rings is 2. The molecule has 0 saturated heterocycles. The summed E-state index contributed by atoms with van der Waals surface area (Å²) in [5.74, 6) is -0.384. The SMILES string of the molecule is CCS(=O)(=O)c1cc(N(C)C(=O)C2CC2)cnc1-c1nnc(-c2cc(C(F)(F)F)ccn2)n1C. The molecule has 34 heavy (non-hydrogen) atoms. The zero-order valence-corrected chi connectivity index (χ0v) is 19.4. The Hall–Kier alpha value is -3.35. The number of aromatic nitrogens is 5. The number of amides is 1. The van der Waals surface area contributed by atoms with Crippen LogP contribution in [0.2, 0.25) is 0 Å². The number of hydrogen-bond acceptors (Lipinski definition) is 7. The first-order valence-electron chi connectivity index (χ1n) is 10.4. The minimum Gasteiger partial charge on any atom is -0.314 e. The molecular formula is C21H21F3N6O3S. The molecular weight excluding hydrogens is 473 g/mol. The summed E-state index contributed by atoms with van der Waals surface area (Å²) < 4.78 is 66.5. The van der Waals surface area contributed by atoms with E-state index >= 15 is 0 Å². The lowest BCUT2D eigenvalue weighted by atomic mass is 10.2. The van der Waals surface area contributed by atoms with Gasteiger partial charge in [0.05, 0.1) is 28.1 Å². The zero-order chi connectivity index (χ0) is 24.8. The van der Waals surface area contributed by atoms with Crippen LogP contribution in [0.5, 0.6) is 0 Å². The summed E-state index contributed by atoms with van der Waals surface area (Å²) in [7, 11) is -0.773. The van der Waals surface area contributed by atoms with E-state index in [1.807, 2.05) is 0 Å². The minimum atomic E-state index is -4.57. The molecule has 0 aromatic carbocycles. The van der Waals surface area contributed by atoms with E-state index in [0.717, 1.165) is 31.2 Å². The number of hydrogen-bond donors (Lipinski definition) is 0. The maximum Gasteiger partial charge on any atom is 0.416 e. The number of alkyl halides is 3. The fourth-order valence-electron chi connectivity index (χ4n) is 3.40. The highest BCUT2D eigenvalue weighted by Gasteiger charge is 2.34. The normalized spacial score (nSPS) is 14.3. The van der Waals surface area contributed by atoms with Gasteiger partial charge in [0.25, 0.3) is 0 Å². The second-order valence-corrected chi connectivity index (χ2v) is 10.2. The molecule has 3 heterocycles. The third-order valence-electron chi connectivity index (χ3n) is 5.60. The van der Waals surface area contributed by atoms with E-state index in [1.54, 1.807) is 7.05 Å². The van der Waals surface area contributed by atoms with Gasteiger partial charge in [-0.2, -0.15) is 13.2 Å². The van der Waals surface area contributed by atoms with E-state index in [9.17, 15) is 26.4 Å². The third kappa shape index (κ3) is 4.39. The van der Waals surface area contributed by atoms with Crippen LogP contribution in [0.25, 0.3) is 23.0 Å². The van der Waals surface area contributed by atoms with E-state index in [1.165, 1.54) is 35.7 Å². The van der Waals surface area contributed by atoms with Crippen LogP contribution in [-0.4, -0.2) is 51.9 Å². The van der Waals surface area contributed by atoms with Crippen LogP contribution in [0.1, 0.15) is 25.3 Å². The monoisotopic (exact) mass is 494 g/mol. The maximum atomic E-state index is 13.1. The Morgan fingerprint density at radius 1 is 1.18 bits per heavy atom. The molecule has 4 rings (SSSR count). The second-order valence-electron chi connectivity index (χ2n) is 7.95. The van der Waals surface area contributed by atoms with Crippen molar-refractivity contribution in [3.8, 4) is 23.0 Å². The quantitative estimate of drug-likeness (QED) is 0.518. The molecule has 3 aromatic rings. The molecule has 3 aromatic heterocycles. The van der Waals surface area contributed by atoms with Gasteiger partial charge < -0.3 is 9.47 Å². The number of anilines is 1. The molecule has 9 nitrogen and oxygen atoms in total. The fraction of sp³-hybridized carbons (Fsp3) is 0.381. The van der Waals surface area contributed by atoms with Gasteiger partial charge in [-0.15, -0.1) is 10.2 Å². The van der Waals surface area contributed by atoms with Crippen molar-refractivity contribution >= 4 is 21.4 Å². The van der Waals surface area contributed by atoms with Gasteiger partial charge in [0.2, 0.25) is 5.91 Å². The molecule has 1 aliphatic rings. The molecule has 1 aliphatic carbocycles. The number of rotatable bonds is 6. The highest BCUT2D eigenvalue weighted by atomic mass is 32.2. The van der Waals surface area contributed by atoms with Crippen LogP contribution in [-0.2, 0) is 27.9 Å². The molecule has 1 amide bonds. The molecule has 1 fully saturated rings. The molecule has 180 valence electrons. The van der Waals surface area contributed by atoms with Crippen molar-refractivity contribution in [3.05, 3.63) is 36.2 Å². The second kappa shape index (κ2) is 8.46. The molecule has 0 atom stereocenters. The van der Waals surface area contributed by atoms with Gasteiger partial charge in [-0.3, -0.25) is 9.78 Å². The topological polar surface area (TPSA) is 111 Å². The first-order valence-corrected chi connectivity index (χ1v) is 12.0. The average molecular weight is 494 g/mol. The van der Waals surface area contributed by atoms with Crippen molar-refractivity contribution in [1.29, 1.82) is 0 Å². The molecule has 0 aliphatic heterocycles. The van der Waals surface area contributed by atoms with Crippen LogP contribution >= 0.6 is 0 Å². The summed E-state index contributed by atoms with van der Waals surface area (Å²) in [4.78, 5) is 21.9. The number of carbonyl (C=O) groups excluding carboxylic acids is 1. The van der Waals surface area contributed by atoms with Gasteiger partial charge in [-0.1, -0.05) is 6.92 Å². The van der Waals surface area contributed by atoms with Gasteiger partial charge in [-0.25, -0.2) is 13.4 Å². The number of halogens is 3. The minimum absolute atomic E-state index is 0.00727. The Bertz CT molecular complexity index is 1370. The van der Waals surface area contributed by atoms with Gasteiger partial charge >= 0.3 is 6.18 Å². The highest BCUT2D eigenvalue weighted by molar-refractivity contribution is 7.91. The Labute approximate surface area is 193 Å². The van der Waals surface area contributed by atoms with Gasteiger partial charge in [0.15, 0.2) is 21.5 Å². The largest absolute Gasteiger partial charge is 0.416 e. The predicted molar refractivity (Wildman–Crippen MR) is 116 cm³/mol. The van der Waals surface area contributed by atoms with Crippen LogP contribution in [0.15, 0.2) is 35.5 Å². The van der Waals surface area contributed by atoms with E-state index in [0.29, 0.717) is 5.69 Å². The van der Waals surface area contributed by atoms with Crippen molar-refractivity contribution in [2.24, 2.45) is 13.0 Å². The van der Waals surface area contributed by atoms with E-state index in [-0.39, 0.29) is 45.5 Å². The Morgan fingerprint density at radius 3 is 2.47 bits per heavy atom. The van der Waals surface area contributed by atoms with Crippen molar-refractivity contribution in [2.45, 2.75) is 30.8 Å². The highest BCUT2D eigenvalue weighted by Crippen LogP contribution is 2.35. The summed E-state index contributed by atoms with van der Waals surface area (Å²) in [6.45, 7) is 1.47. The number of carbonyl (C=O) groups is 1. The van der Waals surface area contributed by atoms with Gasteiger partial charge in [0, 0.05) is 26.2 Å². The van der Waals surface area contributed by atoms with Gasteiger partial charge in [0.1, 0.15) is 11.4 Å². The first kappa shape index (κ1) is 23.8. The van der Waals surface area contributed by atoms with Crippen molar-refractivity contribution in [1.82, 2.24) is 24.7 Å². The van der Waals surface area contributed by atoms with Crippen LogP contribution < -0.4 is 4.90 Å². The summed E-state index contributed by atoms with van der Waals surface area (Å²) in [5.41, 5.74) is -0.690. The maximum absolute atomic E-state index is 13.1. The number of nitrogens with zero attached hydrogens (tertiary/aromatic N) is 6. The van der Waals surface area contributed by atoms with E-state index in [2.05, 4.69) is 20.2 Å². The van der Waals surface area contributed by atoms with Crippen LogP contribution in [0.4, 0.5) is 18.9 Å². The lowest BCUT2D eigenvalue weighted by molar-refractivity contribution is -0.137. The number of sulfone groups is 1. The van der Waals surface area contributed by atoms with Crippen molar-refractivity contribution in [3.63, 3.8) is 0 Å². The van der Waals surface area contributed by atoms with Crippen molar-refractivity contribution < 1.29 is 26.4 Å². The summed E-state index contributed by atoms with van der Waals surface area (Å²) in [5, 5.41) is 7.93. The van der Waals surface area contributed by atoms with E-state index < -0.39 is 21.6 Å². The summed E-state index contributed by atoms with van der Waals surface area (Å²) in [6.07, 6.45) is -0.608. The summed E-state index contributed by atoms with van der Waals surface area (Å²) in [6, 6.07) is 3.04. The van der Waals surface area contributed by atoms with Crippen LogP contribution in [0, 0.1) is 5.92 Å². The van der Waals surface area contributed by atoms with Crippen LogP contribution in [0.3, 0.4) is 0 Å². The Morgan fingerprint density at radius 2 is 1.85 bits per heavy atom. The lowest BCUT2D eigenvalue weighted by Crippen LogP contribution is -2.28. The Balaban J connectivity index is 1.81. The molecule has 0 bridgehead atoms. The van der Waals surface area contributed by atoms with E-state index in [4.69, 9.17) is 0 Å². The lowest BCUT2D eigenvalue weighted by Gasteiger charge is -2.19. The predicted octanol–water partition coefficient (Wildman–Crippen LogP) is 3.12. The Kier molecular flexibility index (Phi) is 5.92.